The number of carbonyl (C=O) groups is 4. The number of unbranched alkanes of at least 4 members (excludes halogenated alkanes) is 4. The van der Waals surface area contributed by atoms with Crippen LogP contribution in [0.4, 0.5) is 0 Å². The molecule has 1 aromatic carbocycles. The van der Waals surface area contributed by atoms with Crippen LogP contribution in [-0.4, -0.2) is 157 Å². The molecule has 1 atom stereocenters. The summed E-state index contributed by atoms with van der Waals surface area (Å²) in [5.74, 6) is -0.661. The van der Waals surface area contributed by atoms with Gasteiger partial charge in [-0.05, 0) is 127 Å². The Labute approximate surface area is 362 Å². The Morgan fingerprint density at radius 3 is 1.37 bits per heavy atom. The predicted octanol–water partition coefficient (Wildman–Crippen LogP) is 5.47. The van der Waals surface area contributed by atoms with Crippen LogP contribution in [0.2, 0.25) is 0 Å². The fraction of sp³-hybridized carbons (Fsp3) is 0.783. The maximum absolute atomic E-state index is 13.6. The van der Waals surface area contributed by atoms with Crippen molar-refractivity contribution in [3.8, 4) is 5.75 Å². The molecule has 2 rings (SSSR count). The fourth-order valence-electron chi connectivity index (χ4n) is 6.78. The minimum Gasteiger partial charge on any atom is -0.494 e. The average Bonchev–Trinajstić information content (AvgIpc) is 3.07. The number of hydrogen-bond donors (Lipinski definition) is 1. The van der Waals surface area contributed by atoms with Crippen molar-refractivity contribution >= 4 is 23.9 Å². The summed E-state index contributed by atoms with van der Waals surface area (Å²) in [5.41, 5.74) is 3.96. The lowest BCUT2D eigenvalue weighted by molar-refractivity contribution is -0.160. The van der Waals surface area contributed by atoms with E-state index in [0.717, 1.165) is 50.0 Å². The van der Waals surface area contributed by atoms with Crippen LogP contribution in [0.3, 0.4) is 0 Å². The molecule has 0 amide bonds. The smallest absolute Gasteiger partial charge is 0.320 e. The van der Waals surface area contributed by atoms with E-state index in [1.165, 1.54) is 0 Å². The summed E-state index contributed by atoms with van der Waals surface area (Å²) in [6, 6.07) is 7.78. The molecule has 1 saturated heterocycles. The number of nitrogens with zero attached hydrogens (tertiary/aromatic N) is 4. The van der Waals surface area contributed by atoms with Crippen molar-refractivity contribution in [1.82, 2.24) is 19.6 Å². The molecular formula is C46H81N5O9. The van der Waals surface area contributed by atoms with E-state index in [4.69, 9.17) is 29.4 Å². The molecule has 0 aliphatic carbocycles. The zero-order valence-corrected chi connectivity index (χ0v) is 39.4. The molecule has 0 radical (unpaired) electrons. The highest BCUT2D eigenvalue weighted by molar-refractivity contribution is 5.73. The molecule has 1 aromatic rings. The van der Waals surface area contributed by atoms with E-state index in [0.29, 0.717) is 58.8 Å². The molecule has 0 aromatic heterocycles. The van der Waals surface area contributed by atoms with E-state index < -0.39 is 22.4 Å². The summed E-state index contributed by atoms with van der Waals surface area (Å²) < 4.78 is 29.2. The van der Waals surface area contributed by atoms with Crippen LogP contribution in [0, 0.1) is 0 Å². The molecule has 0 bridgehead atoms. The first kappa shape index (κ1) is 52.8. The van der Waals surface area contributed by atoms with Crippen LogP contribution in [0.5, 0.6) is 5.75 Å². The second-order valence-corrected chi connectivity index (χ2v) is 20.0. The number of esters is 4. The van der Waals surface area contributed by atoms with E-state index in [2.05, 4.69) is 4.90 Å². The Balaban J connectivity index is 2.55. The number of benzene rings is 1. The van der Waals surface area contributed by atoms with Crippen molar-refractivity contribution in [3.05, 3.63) is 29.8 Å². The lowest BCUT2D eigenvalue weighted by Gasteiger charge is -2.39. The van der Waals surface area contributed by atoms with Gasteiger partial charge in [-0.25, -0.2) is 0 Å². The Morgan fingerprint density at radius 2 is 0.917 bits per heavy atom. The highest BCUT2D eigenvalue weighted by Crippen LogP contribution is 2.20. The topological polar surface area (TPSA) is 153 Å². The van der Waals surface area contributed by atoms with Gasteiger partial charge in [0.1, 0.15) is 28.2 Å². The highest BCUT2D eigenvalue weighted by Gasteiger charge is 2.31. The number of rotatable bonds is 18. The fourth-order valence-corrected chi connectivity index (χ4v) is 6.78. The minimum atomic E-state index is -0.692. The van der Waals surface area contributed by atoms with Crippen LogP contribution in [0.15, 0.2) is 24.3 Å². The summed E-state index contributed by atoms with van der Waals surface area (Å²) >= 11 is 0. The third-order valence-corrected chi connectivity index (χ3v) is 9.24. The van der Waals surface area contributed by atoms with Crippen molar-refractivity contribution < 1.29 is 42.9 Å². The second kappa shape index (κ2) is 25.0. The van der Waals surface area contributed by atoms with Crippen LogP contribution >= 0.6 is 0 Å². The third-order valence-electron chi connectivity index (χ3n) is 9.24. The van der Waals surface area contributed by atoms with Gasteiger partial charge in [-0.2, -0.15) is 0 Å². The van der Waals surface area contributed by atoms with Gasteiger partial charge in [0.05, 0.1) is 32.8 Å². The zero-order valence-electron chi connectivity index (χ0n) is 39.4. The first-order valence-corrected chi connectivity index (χ1v) is 22.0. The summed E-state index contributed by atoms with van der Waals surface area (Å²) in [7, 11) is 0. The van der Waals surface area contributed by atoms with Crippen LogP contribution in [-0.2, 0) is 44.5 Å². The average molecular weight is 848 g/mol. The van der Waals surface area contributed by atoms with E-state index in [9.17, 15) is 19.2 Å². The van der Waals surface area contributed by atoms with Gasteiger partial charge in [0.15, 0.2) is 0 Å². The van der Waals surface area contributed by atoms with Crippen LogP contribution < -0.4 is 10.5 Å². The summed E-state index contributed by atoms with van der Waals surface area (Å²) in [4.78, 5) is 61.6. The molecular weight excluding hydrogens is 767 g/mol. The number of ether oxygens (including phenoxy) is 5. The normalized spacial score (nSPS) is 17.6. The van der Waals surface area contributed by atoms with Crippen molar-refractivity contribution in [3.63, 3.8) is 0 Å². The van der Waals surface area contributed by atoms with E-state index >= 15 is 0 Å². The van der Waals surface area contributed by atoms with Gasteiger partial charge >= 0.3 is 23.9 Å². The van der Waals surface area contributed by atoms with Crippen LogP contribution in [0.25, 0.3) is 0 Å². The van der Waals surface area contributed by atoms with Gasteiger partial charge in [-0.1, -0.05) is 31.4 Å². The van der Waals surface area contributed by atoms with E-state index in [1.54, 1.807) is 0 Å². The molecule has 1 aliphatic heterocycles. The Bertz CT molecular complexity index is 1440. The maximum atomic E-state index is 13.6. The van der Waals surface area contributed by atoms with Gasteiger partial charge in [0.25, 0.3) is 0 Å². The number of nitrogens with two attached hydrogens (primary N) is 1. The zero-order chi connectivity index (χ0) is 45.1. The molecule has 1 fully saturated rings. The third kappa shape index (κ3) is 25.5. The highest BCUT2D eigenvalue weighted by atomic mass is 16.6. The Morgan fingerprint density at radius 1 is 0.533 bits per heavy atom. The lowest BCUT2D eigenvalue weighted by Crippen LogP contribution is -2.54. The maximum Gasteiger partial charge on any atom is 0.320 e. The summed E-state index contributed by atoms with van der Waals surface area (Å²) in [5, 5.41) is 0. The molecule has 1 heterocycles. The predicted molar refractivity (Wildman–Crippen MR) is 236 cm³/mol. The van der Waals surface area contributed by atoms with Crippen LogP contribution in [0.1, 0.15) is 121 Å². The minimum absolute atomic E-state index is 0.000262. The molecule has 344 valence electrons. The van der Waals surface area contributed by atoms with E-state index in [1.807, 2.05) is 122 Å². The van der Waals surface area contributed by atoms with Gasteiger partial charge in [-0.15, -0.1) is 0 Å². The van der Waals surface area contributed by atoms with Gasteiger partial charge in [0, 0.05) is 51.9 Å². The number of hydrogen-bond acceptors (Lipinski definition) is 14. The molecule has 1 unspecified atom stereocenters. The molecule has 0 spiro atoms. The molecule has 60 heavy (non-hydrogen) atoms. The molecule has 14 nitrogen and oxygen atoms in total. The summed E-state index contributed by atoms with van der Waals surface area (Å²) in [6.07, 6.45) is 5.95. The first-order valence-electron chi connectivity index (χ1n) is 22.0. The molecule has 0 saturated carbocycles. The monoisotopic (exact) mass is 848 g/mol. The quantitative estimate of drug-likeness (QED) is 0.113. The van der Waals surface area contributed by atoms with Gasteiger partial charge in [0.2, 0.25) is 0 Å². The van der Waals surface area contributed by atoms with Crippen molar-refractivity contribution in [2.75, 3.05) is 85.1 Å². The lowest BCUT2D eigenvalue weighted by atomic mass is 10.0. The second-order valence-electron chi connectivity index (χ2n) is 20.0. The van der Waals surface area contributed by atoms with Crippen molar-refractivity contribution in [2.45, 2.75) is 150 Å². The first-order chi connectivity index (χ1) is 27.8. The molecule has 14 heteroatoms. The molecule has 2 N–H and O–H groups in total. The van der Waals surface area contributed by atoms with E-state index in [-0.39, 0.29) is 56.1 Å². The summed E-state index contributed by atoms with van der Waals surface area (Å²) in [6.45, 7) is 26.5. The molecule has 1 aliphatic rings. The van der Waals surface area contributed by atoms with Gasteiger partial charge in [-0.3, -0.25) is 38.8 Å². The Hall–Kier alpha value is -3.30. The SMILES string of the molecule is CC(C)(C)OC(=O)CN1CCN(CC(=O)OC(C)(C)C)CCN(CC(=O)OC(C)(C)C)C(Cc2ccc(OCCCCCCCN)cc2)CN(CC(=O)OC(C)(C)C)CC1. The standard InChI is InChI=1S/C46H81N5O9/c1-43(2,3)57-39(52)32-48-23-24-49(33-40(53)58-44(4,5)6)27-28-51(35-42(55)60-46(10,11)12)37(31-50(26-25-48)34-41(54)59-45(7,8)9)30-36-18-20-38(21-19-36)56-29-17-15-13-14-16-22-47/h18-21,37H,13-17,22-35,47H2,1-12H3. The largest absolute Gasteiger partial charge is 0.494 e. The van der Waals surface area contributed by atoms with Gasteiger partial charge < -0.3 is 29.4 Å². The number of carbonyl (C=O) groups excluding carboxylic acids is 4. The van der Waals surface area contributed by atoms with Crippen molar-refractivity contribution in [2.24, 2.45) is 5.73 Å². The Kier molecular flexibility index (Phi) is 22.0. The van der Waals surface area contributed by atoms with Crippen molar-refractivity contribution in [1.29, 1.82) is 0 Å².